The van der Waals surface area contributed by atoms with E-state index < -0.39 is 28.5 Å². The number of sulfonamides is 1. The number of aryl methyl sites for hydroxylation is 3. The number of nitrogens with zero attached hydrogens (tertiary/aromatic N) is 2. The minimum absolute atomic E-state index is 0.0866. The van der Waals surface area contributed by atoms with Crippen molar-refractivity contribution in [2.75, 3.05) is 17.9 Å². The Kier molecular flexibility index (Phi) is 8.53. The fraction of sp³-hybridized carbons (Fsp3) is 0.286. The first-order valence-corrected chi connectivity index (χ1v) is 13.2. The number of amides is 2. The fourth-order valence-electron chi connectivity index (χ4n) is 3.98. The van der Waals surface area contributed by atoms with Gasteiger partial charge in [-0.15, -0.1) is 0 Å². The van der Waals surface area contributed by atoms with Crippen molar-refractivity contribution in [3.05, 3.63) is 95.1 Å². The van der Waals surface area contributed by atoms with E-state index in [-0.39, 0.29) is 17.3 Å². The van der Waals surface area contributed by atoms with Gasteiger partial charge in [-0.25, -0.2) is 8.42 Å². The lowest BCUT2D eigenvalue weighted by Gasteiger charge is -2.32. The molecule has 0 aromatic heterocycles. The Morgan fingerprint density at radius 3 is 2.17 bits per heavy atom. The quantitative estimate of drug-likeness (QED) is 0.475. The molecule has 7 nitrogen and oxygen atoms in total. The summed E-state index contributed by atoms with van der Waals surface area (Å²) in [6.07, 6.45) is 0. The number of carbonyl (C=O) groups excluding carboxylic acids is 2. The summed E-state index contributed by atoms with van der Waals surface area (Å²) in [7, 11) is -2.56. The van der Waals surface area contributed by atoms with Gasteiger partial charge in [0.05, 0.1) is 10.6 Å². The molecular weight excluding hydrogens is 474 g/mol. The van der Waals surface area contributed by atoms with Gasteiger partial charge in [-0.05, 0) is 68.1 Å². The van der Waals surface area contributed by atoms with Gasteiger partial charge in [-0.3, -0.25) is 13.9 Å². The summed E-state index contributed by atoms with van der Waals surface area (Å²) in [5, 5.41) is 2.59. The molecule has 3 aromatic carbocycles. The van der Waals surface area contributed by atoms with Crippen LogP contribution in [0.1, 0.15) is 29.2 Å². The lowest BCUT2D eigenvalue weighted by molar-refractivity contribution is -0.139. The third-order valence-electron chi connectivity index (χ3n) is 6.26. The monoisotopic (exact) mass is 507 g/mol. The zero-order valence-corrected chi connectivity index (χ0v) is 22.2. The van der Waals surface area contributed by atoms with Crippen LogP contribution in [0.4, 0.5) is 5.69 Å². The van der Waals surface area contributed by atoms with Crippen molar-refractivity contribution in [2.45, 2.75) is 45.2 Å². The molecule has 1 atom stereocenters. The van der Waals surface area contributed by atoms with Crippen molar-refractivity contribution in [2.24, 2.45) is 0 Å². The lowest BCUT2D eigenvalue weighted by atomic mass is 10.1. The molecule has 0 saturated heterocycles. The molecule has 0 radical (unpaired) electrons. The predicted octanol–water partition coefficient (Wildman–Crippen LogP) is 3.97. The Hall–Kier alpha value is -3.65. The number of benzene rings is 3. The number of rotatable bonds is 9. The van der Waals surface area contributed by atoms with Gasteiger partial charge in [0.2, 0.25) is 11.8 Å². The molecule has 1 N–H and O–H groups in total. The number of hydrogen-bond acceptors (Lipinski definition) is 4. The molecule has 1 unspecified atom stereocenters. The van der Waals surface area contributed by atoms with Gasteiger partial charge in [0.1, 0.15) is 12.6 Å². The summed E-state index contributed by atoms with van der Waals surface area (Å²) in [5.74, 6) is -0.809. The van der Waals surface area contributed by atoms with Crippen LogP contribution in [0, 0.1) is 20.8 Å². The molecule has 0 bridgehead atoms. The Morgan fingerprint density at radius 1 is 0.889 bits per heavy atom. The van der Waals surface area contributed by atoms with Crippen molar-refractivity contribution in [1.82, 2.24) is 10.2 Å². The van der Waals surface area contributed by atoms with Crippen LogP contribution in [-0.4, -0.2) is 44.8 Å². The van der Waals surface area contributed by atoms with E-state index in [9.17, 15) is 18.0 Å². The second kappa shape index (κ2) is 11.4. The summed E-state index contributed by atoms with van der Waals surface area (Å²) in [6.45, 7) is 6.98. The number of anilines is 1. The number of carbonyl (C=O) groups is 2. The highest BCUT2D eigenvalue weighted by Crippen LogP contribution is 2.28. The summed E-state index contributed by atoms with van der Waals surface area (Å²) in [5.41, 5.74) is 3.87. The van der Waals surface area contributed by atoms with Crippen LogP contribution in [0.5, 0.6) is 0 Å². The molecule has 0 fully saturated rings. The average molecular weight is 508 g/mol. The fourth-order valence-corrected chi connectivity index (χ4v) is 5.48. The van der Waals surface area contributed by atoms with E-state index >= 15 is 0 Å². The van der Waals surface area contributed by atoms with Crippen LogP contribution in [-0.2, 0) is 26.2 Å². The van der Waals surface area contributed by atoms with E-state index in [0.717, 1.165) is 26.6 Å². The zero-order valence-electron chi connectivity index (χ0n) is 21.4. The second-order valence-corrected chi connectivity index (χ2v) is 10.7. The Bertz CT molecular complexity index is 1340. The van der Waals surface area contributed by atoms with Crippen LogP contribution in [0.2, 0.25) is 0 Å². The van der Waals surface area contributed by atoms with Gasteiger partial charge in [0.25, 0.3) is 10.0 Å². The van der Waals surface area contributed by atoms with Crippen LogP contribution in [0.3, 0.4) is 0 Å². The Labute approximate surface area is 213 Å². The SMILES string of the molecule is CNC(=O)C(C)N(Cc1ccccc1C)C(=O)CN(c1cc(C)ccc1C)S(=O)(=O)c1ccccc1. The van der Waals surface area contributed by atoms with Crippen molar-refractivity contribution < 1.29 is 18.0 Å². The van der Waals surface area contributed by atoms with Crippen LogP contribution >= 0.6 is 0 Å². The standard InChI is InChI=1S/C28H33N3O4S/c1-20-15-16-22(3)26(17-20)31(36(34,35)25-13-7-6-8-14-25)19-27(32)30(23(4)28(33)29-5)18-24-12-10-9-11-21(24)2/h6-17,23H,18-19H2,1-5H3,(H,29,33). The van der Waals surface area contributed by atoms with E-state index in [0.29, 0.717) is 5.69 Å². The number of nitrogens with one attached hydrogen (secondary N) is 1. The molecule has 0 aliphatic carbocycles. The first-order chi connectivity index (χ1) is 17.1. The molecule has 36 heavy (non-hydrogen) atoms. The molecule has 0 spiro atoms. The maximum absolute atomic E-state index is 13.8. The molecule has 3 rings (SSSR count). The highest BCUT2D eigenvalue weighted by molar-refractivity contribution is 7.92. The average Bonchev–Trinajstić information content (AvgIpc) is 2.87. The van der Waals surface area contributed by atoms with E-state index in [1.54, 1.807) is 31.2 Å². The molecule has 3 aromatic rings. The van der Waals surface area contributed by atoms with Crippen LogP contribution < -0.4 is 9.62 Å². The molecular formula is C28H33N3O4S. The Morgan fingerprint density at radius 2 is 1.53 bits per heavy atom. The van der Waals surface area contributed by atoms with Gasteiger partial charge in [-0.2, -0.15) is 0 Å². The molecule has 2 amide bonds. The van der Waals surface area contributed by atoms with E-state index in [4.69, 9.17) is 0 Å². The van der Waals surface area contributed by atoms with Gasteiger partial charge in [0, 0.05) is 13.6 Å². The van der Waals surface area contributed by atoms with Gasteiger partial charge in [0.15, 0.2) is 0 Å². The van der Waals surface area contributed by atoms with Crippen molar-refractivity contribution >= 4 is 27.5 Å². The van der Waals surface area contributed by atoms with E-state index in [1.807, 2.05) is 57.2 Å². The predicted molar refractivity (Wildman–Crippen MR) is 142 cm³/mol. The third kappa shape index (κ3) is 5.94. The summed E-state index contributed by atoms with van der Waals surface area (Å²) in [6, 6.07) is 20.3. The van der Waals surface area contributed by atoms with Crippen LogP contribution in [0.15, 0.2) is 77.7 Å². The summed E-state index contributed by atoms with van der Waals surface area (Å²) < 4.78 is 28.8. The normalized spacial score (nSPS) is 12.0. The molecule has 190 valence electrons. The largest absolute Gasteiger partial charge is 0.357 e. The second-order valence-electron chi connectivity index (χ2n) is 8.85. The van der Waals surface area contributed by atoms with Crippen LogP contribution in [0.25, 0.3) is 0 Å². The highest BCUT2D eigenvalue weighted by Gasteiger charge is 2.33. The maximum atomic E-state index is 13.8. The lowest BCUT2D eigenvalue weighted by Crippen LogP contribution is -2.50. The summed E-state index contributed by atoms with van der Waals surface area (Å²) >= 11 is 0. The Balaban J connectivity index is 2.08. The minimum Gasteiger partial charge on any atom is -0.357 e. The van der Waals surface area contributed by atoms with Crippen molar-refractivity contribution in [1.29, 1.82) is 0 Å². The first-order valence-electron chi connectivity index (χ1n) is 11.8. The third-order valence-corrected chi connectivity index (χ3v) is 8.03. The van der Waals surface area contributed by atoms with Crippen molar-refractivity contribution in [3.8, 4) is 0 Å². The molecule has 0 aliphatic heterocycles. The molecule has 8 heteroatoms. The van der Waals surface area contributed by atoms with Crippen molar-refractivity contribution in [3.63, 3.8) is 0 Å². The van der Waals surface area contributed by atoms with Gasteiger partial charge < -0.3 is 10.2 Å². The maximum Gasteiger partial charge on any atom is 0.264 e. The van der Waals surface area contributed by atoms with E-state index in [1.165, 1.54) is 24.1 Å². The smallest absolute Gasteiger partial charge is 0.264 e. The zero-order chi connectivity index (χ0) is 26.5. The van der Waals surface area contributed by atoms with E-state index in [2.05, 4.69) is 5.32 Å². The summed E-state index contributed by atoms with van der Waals surface area (Å²) in [4.78, 5) is 27.9. The highest BCUT2D eigenvalue weighted by atomic mass is 32.2. The number of likely N-dealkylation sites (N-methyl/N-ethyl adjacent to an activating group) is 1. The first kappa shape index (κ1) is 26.9. The topological polar surface area (TPSA) is 86.8 Å². The molecule has 0 heterocycles. The van der Waals surface area contributed by atoms with Gasteiger partial charge >= 0.3 is 0 Å². The van der Waals surface area contributed by atoms with Gasteiger partial charge in [-0.1, -0.05) is 54.6 Å². The number of hydrogen-bond donors (Lipinski definition) is 1. The minimum atomic E-state index is -4.07. The molecule has 0 saturated carbocycles. The molecule has 0 aliphatic rings.